The lowest BCUT2D eigenvalue weighted by atomic mass is 9.93. The van der Waals surface area contributed by atoms with Crippen LogP contribution >= 0.6 is 0 Å². The smallest absolute Gasteiger partial charge is 0.271 e. The first-order chi connectivity index (χ1) is 18.9. The summed E-state index contributed by atoms with van der Waals surface area (Å²) in [5.41, 5.74) is 3.70. The zero-order chi connectivity index (χ0) is 27.5. The maximum atomic E-state index is 13.7. The Labute approximate surface area is 224 Å². The number of para-hydroxylation sites is 1. The molecule has 0 unspecified atom stereocenters. The van der Waals surface area contributed by atoms with Crippen molar-refractivity contribution in [2.24, 2.45) is 0 Å². The number of nitriles is 1. The highest BCUT2D eigenvalue weighted by Gasteiger charge is 2.35. The minimum Gasteiger partial charge on any atom is -0.497 e. The summed E-state index contributed by atoms with van der Waals surface area (Å²) in [4.78, 5) is 27.8. The standard InChI is InChI=1S/C31H23FN4O3/c1-20-27(30(37)35(31(38)28(20)17-33)18-21-11-13-24(32)14-12-21)16-23-19-36(25-8-4-3-5-9-25)34-29(23)22-7-6-10-26(15-22)39-2/h3-16,19H,18H2,1-2H3/b27-16+. The molecule has 1 aliphatic rings. The van der Waals surface area contributed by atoms with E-state index in [-0.39, 0.29) is 23.3 Å². The summed E-state index contributed by atoms with van der Waals surface area (Å²) in [6, 6.07) is 24.4. The van der Waals surface area contributed by atoms with Gasteiger partial charge in [0.05, 0.1) is 19.3 Å². The van der Waals surface area contributed by atoms with Crippen molar-refractivity contribution in [3.05, 3.63) is 119 Å². The molecule has 2 heterocycles. The van der Waals surface area contributed by atoms with Crippen LogP contribution in [0.3, 0.4) is 0 Å². The first-order valence-electron chi connectivity index (χ1n) is 12.1. The molecule has 7 nitrogen and oxygen atoms in total. The van der Waals surface area contributed by atoms with Gasteiger partial charge in [0.1, 0.15) is 28.9 Å². The molecule has 0 radical (unpaired) electrons. The lowest BCUT2D eigenvalue weighted by molar-refractivity contribution is -0.141. The average molecular weight is 519 g/mol. The Balaban J connectivity index is 1.65. The number of benzene rings is 3. The number of methoxy groups -OCH3 is 1. The second-order valence-corrected chi connectivity index (χ2v) is 8.94. The third-order valence-corrected chi connectivity index (χ3v) is 6.49. The van der Waals surface area contributed by atoms with Gasteiger partial charge in [-0.05, 0) is 60.5 Å². The fraction of sp³-hybridized carbons (Fsp3) is 0.0968. The van der Waals surface area contributed by atoms with Crippen LogP contribution in [0.25, 0.3) is 23.0 Å². The van der Waals surface area contributed by atoms with Crippen LogP contribution in [0.2, 0.25) is 0 Å². The van der Waals surface area contributed by atoms with Crippen molar-refractivity contribution in [3.8, 4) is 28.8 Å². The molecular weight excluding hydrogens is 495 g/mol. The quantitative estimate of drug-likeness (QED) is 0.249. The van der Waals surface area contributed by atoms with Crippen LogP contribution in [0.5, 0.6) is 5.75 Å². The van der Waals surface area contributed by atoms with E-state index in [2.05, 4.69) is 0 Å². The molecule has 0 spiro atoms. The molecule has 4 aromatic rings. The molecule has 0 aliphatic carbocycles. The maximum absolute atomic E-state index is 13.7. The van der Waals surface area contributed by atoms with Crippen molar-refractivity contribution in [1.29, 1.82) is 5.26 Å². The number of ether oxygens (including phenoxy) is 1. The molecule has 5 rings (SSSR count). The molecule has 1 aromatic heterocycles. The number of carbonyl (C=O) groups is 2. The number of amides is 2. The summed E-state index contributed by atoms with van der Waals surface area (Å²) < 4.78 is 20.5. The van der Waals surface area contributed by atoms with E-state index in [1.807, 2.05) is 60.7 Å². The Bertz CT molecular complexity index is 1680. The van der Waals surface area contributed by atoms with Crippen molar-refractivity contribution in [3.63, 3.8) is 0 Å². The number of hydrogen-bond donors (Lipinski definition) is 0. The van der Waals surface area contributed by atoms with Crippen LogP contribution in [0.15, 0.2) is 102 Å². The fourth-order valence-corrected chi connectivity index (χ4v) is 4.40. The largest absolute Gasteiger partial charge is 0.497 e. The molecule has 3 aromatic carbocycles. The molecule has 39 heavy (non-hydrogen) atoms. The lowest BCUT2D eigenvalue weighted by Gasteiger charge is -2.27. The highest BCUT2D eigenvalue weighted by molar-refractivity contribution is 6.19. The van der Waals surface area contributed by atoms with Crippen molar-refractivity contribution in [2.75, 3.05) is 7.11 Å². The summed E-state index contributed by atoms with van der Waals surface area (Å²) in [5.74, 6) is -1.02. The van der Waals surface area contributed by atoms with Crippen LogP contribution in [0.4, 0.5) is 4.39 Å². The van der Waals surface area contributed by atoms with Crippen LogP contribution in [-0.2, 0) is 16.1 Å². The second-order valence-electron chi connectivity index (χ2n) is 8.94. The number of aromatic nitrogens is 2. The second kappa shape index (κ2) is 10.6. The van der Waals surface area contributed by atoms with E-state index in [9.17, 15) is 19.2 Å². The van der Waals surface area contributed by atoms with Gasteiger partial charge in [-0.2, -0.15) is 10.4 Å². The molecular formula is C31H23FN4O3. The van der Waals surface area contributed by atoms with Gasteiger partial charge in [-0.3, -0.25) is 14.5 Å². The Morgan fingerprint density at radius 2 is 1.74 bits per heavy atom. The van der Waals surface area contributed by atoms with Gasteiger partial charge in [0.2, 0.25) is 0 Å². The molecule has 0 atom stereocenters. The Hall–Kier alpha value is -5.29. The zero-order valence-corrected chi connectivity index (χ0v) is 21.3. The highest BCUT2D eigenvalue weighted by Crippen LogP contribution is 2.32. The van der Waals surface area contributed by atoms with Gasteiger partial charge in [0.25, 0.3) is 11.8 Å². The summed E-state index contributed by atoms with van der Waals surface area (Å²) in [7, 11) is 1.58. The molecule has 2 amide bonds. The summed E-state index contributed by atoms with van der Waals surface area (Å²) in [6.07, 6.45) is 3.45. The van der Waals surface area contributed by atoms with E-state index >= 15 is 0 Å². The minimum atomic E-state index is -0.686. The van der Waals surface area contributed by atoms with Gasteiger partial charge < -0.3 is 4.74 Å². The van der Waals surface area contributed by atoms with Crippen molar-refractivity contribution >= 4 is 17.9 Å². The van der Waals surface area contributed by atoms with Crippen LogP contribution in [0, 0.1) is 17.1 Å². The van der Waals surface area contributed by atoms with Gasteiger partial charge in [0.15, 0.2) is 0 Å². The number of hydrogen-bond acceptors (Lipinski definition) is 5. The topological polar surface area (TPSA) is 88.2 Å². The molecule has 0 saturated carbocycles. The minimum absolute atomic E-state index is 0.0975. The summed E-state index contributed by atoms with van der Waals surface area (Å²) in [5, 5.41) is 14.6. The van der Waals surface area contributed by atoms with Crippen LogP contribution < -0.4 is 4.74 Å². The maximum Gasteiger partial charge on any atom is 0.271 e. The van der Waals surface area contributed by atoms with Gasteiger partial charge in [0, 0.05) is 22.9 Å². The predicted molar refractivity (Wildman–Crippen MR) is 144 cm³/mol. The molecule has 192 valence electrons. The van der Waals surface area contributed by atoms with Gasteiger partial charge >= 0.3 is 0 Å². The highest BCUT2D eigenvalue weighted by atomic mass is 19.1. The van der Waals surface area contributed by atoms with Crippen molar-refractivity contribution in [1.82, 2.24) is 14.7 Å². The van der Waals surface area contributed by atoms with E-state index in [4.69, 9.17) is 9.84 Å². The van der Waals surface area contributed by atoms with E-state index < -0.39 is 17.6 Å². The number of halogens is 1. The Morgan fingerprint density at radius 1 is 1.00 bits per heavy atom. The first-order valence-corrected chi connectivity index (χ1v) is 12.1. The Kier molecular flexibility index (Phi) is 6.89. The lowest BCUT2D eigenvalue weighted by Crippen LogP contribution is -2.42. The molecule has 0 bridgehead atoms. The summed E-state index contributed by atoms with van der Waals surface area (Å²) in [6.45, 7) is 1.49. The fourth-order valence-electron chi connectivity index (χ4n) is 4.40. The molecule has 8 heteroatoms. The monoisotopic (exact) mass is 518 g/mol. The van der Waals surface area contributed by atoms with Crippen molar-refractivity contribution in [2.45, 2.75) is 13.5 Å². The van der Waals surface area contributed by atoms with Crippen LogP contribution in [0.1, 0.15) is 18.1 Å². The average Bonchev–Trinajstić information content (AvgIpc) is 3.39. The van der Waals surface area contributed by atoms with Gasteiger partial charge in [-0.15, -0.1) is 0 Å². The number of nitrogens with zero attached hydrogens (tertiary/aromatic N) is 4. The number of rotatable bonds is 6. The molecule has 0 fully saturated rings. The van der Waals surface area contributed by atoms with E-state index in [0.717, 1.165) is 16.2 Å². The van der Waals surface area contributed by atoms with Crippen molar-refractivity contribution < 1.29 is 18.7 Å². The third-order valence-electron chi connectivity index (χ3n) is 6.49. The molecule has 1 aliphatic heterocycles. The van der Waals surface area contributed by atoms with E-state index in [1.54, 1.807) is 31.0 Å². The first kappa shape index (κ1) is 25.4. The van der Waals surface area contributed by atoms with Crippen LogP contribution in [-0.4, -0.2) is 33.6 Å². The van der Waals surface area contributed by atoms with E-state index in [1.165, 1.54) is 24.3 Å². The number of carbonyl (C=O) groups excluding carboxylic acids is 2. The number of imide groups is 1. The molecule has 0 saturated heterocycles. The third kappa shape index (κ3) is 4.98. The summed E-state index contributed by atoms with van der Waals surface area (Å²) >= 11 is 0. The zero-order valence-electron chi connectivity index (χ0n) is 21.3. The molecule has 0 N–H and O–H groups in total. The van der Waals surface area contributed by atoms with Gasteiger partial charge in [-0.25, -0.2) is 9.07 Å². The van der Waals surface area contributed by atoms with E-state index in [0.29, 0.717) is 22.6 Å². The van der Waals surface area contributed by atoms with Gasteiger partial charge in [-0.1, -0.05) is 42.5 Å². The Morgan fingerprint density at radius 3 is 2.44 bits per heavy atom. The normalized spacial score (nSPS) is 14.6. The predicted octanol–water partition coefficient (Wildman–Crippen LogP) is 5.48. The SMILES string of the molecule is COc1cccc(-c2nn(-c3ccccc3)cc2/C=C2/C(=O)N(Cc3ccc(F)cc3)C(=O)C(C#N)=C2C)c1.